The smallest absolute Gasteiger partial charge is 0.309 e. The number of hydrogen-bond donors (Lipinski definition) is 2. The highest BCUT2D eigenvalue weighted by Gasteiger charge is 2.11. The van der Waals surface area contributed by atoms with Crippen LogP contribution in [0, 0.1) is 0 Å². The van der Waals surface area contributed by atoms with E-state index in [1.807, 2.05) is 89.9 Å². The maximum Gasteiger partial charge on any atom is 0.309 e. The predicted molar refractivity (Wildman–Crippen MR) is 133 cm³/mol. The molecule has 0 saturated heterocycles. The molecular weight excluding hydrogens is 442 g/mol. The van der Waals surface area contributed by atoms with Gasteiger partial charge in [-0.05, 0) is 47.5 Å². The Kier molecular flexibility index (Phi) is 6.32. The summed E-state index contributed by atoms with van der Waals surface area (Å²) in [5.41, 5.74) is 5.41. The van der Waals surface area contributed by atoms with Crippen LogP contribution in [0.5, 0.6) is 11.5 Å². The molecule has 35 heavy (non-hydrogen) atoms. The number of rotatable bonds is 8. The van der Waals surface area contributed by atoms with Gasteiger partial charge in [0.15, 0.2) is 0 Å². The quantitative estimate of drug-likeness (QED) is 0.311. The van der Waals surface area contributed by atoms with Gasteiger partial charge >= 0.3 is 5.97 Å². The number of hydrogen-bond acceptors (Lipinski definition) is 5. The normalized spacial score (nSPS) is 11.0. The number of aromatic nitrogens is 3. The average molecular weight is 468 g/mol. The van der Waals surface area contributed by atoms with Crippen LogP contribution in [0.1, 0.15) is 16.7 Å². The van der Waals surface area contributed by atoms with Crippen LogP contribution in [-0.4, -0.2) is 33.0 Å². The number of aliphatic hydroxyl groups excluding tert-OH is 1. The van der Waals surface area contributed by atoms with E-state index in [4.69, 9.17) is 14.6 Å². The molecule has 2 heterocycles. The maximum atomic E-state index is 11.6. The van der Waals surface area contributed by atoms with Crippen molar-refractivity contribution < 1.29 is 19.4 Å². The van der Waals surface area contributed by atoms with Crippen LogP contribution in [0.3, 0.4) is 0 Å². The molecule has 0 amide bonds. The lowest BCUT2D eigenvalue weighted by Crippen LogP contribution is -2.06. The van der Waals surface area contributed by atoms with Gasteiger partial charge in [0.2, 0.25) is 0 Å². The highest BCUT2D eigenvalue weighted by molar-refractivity contribution is 5.85. The third kappa shape index (κ3) is 4.95. The van der Waals surface area contributed by atoms with Gasteiger partial charge in [-0.3, -0.25) is 9.48 Å². The fourth-order valence-electron chi connectivity index (χ4n) is 4.15. The SMILES string of the molecule is COC(=O)Cc1cccc(Cn2ccc(-c3cccc(Oc4ccc5[nH]ccc5c4CO)c3)n2)c1. The number of esters is 1. The van der Waals surface area contributed by atoms with Gasteiger partial charge in [-0.2, -0.15) is 5.10 Å². The van der Waals surface area contributed by atoms with Gasteiger partial charge in [0.1, 0.15) is 11.5 Å². The van der Waals surface area contributed by atoms with Gasteiger partial charge in [0.05, 0.1) is 32.4 Å². The molecule has 0 aliphatic heterocycles. The minimum Gasteiger partial charge on any atom is -0.469 e. The van der Waals surface area contributed by atoms with E-state index < -0.39 is 0 Å². The summed E-state index contributed by atoms with van der Waals surface area (Å²) in [6, 6.07) is 23.3. The highest BCUT2D eigenvalue weighted by Crippen LogP contribution is 2.32. The Balaban J connectivity index is 1.33. The van der Waals surface area contributed by atoms with Crippen molar-refractivity contribution in [3.8, 4) is 22.8 Å². The first kappa shape index (κ1) is 22.4. The summed E-state index contributed by atoms with van der Waals surface area (Å²) in [6.45, 7) is 0.469. The summed E-state index contributed by atoms with van der Waals surface area (Å²) >= 11 is 0. The first-order valence-electron chi connectivity index (χ1n) is 11.3. The van der Waals surface area contributed by atoms with Gasteiger partial charge < -0.3 is 19.6 Å². The number of nitrogens with zero attached hydrogens (tertiary/aromatic N) is 2. The molecular formula is C28H25N3O4. The summed E-state index contributed by atoms with van der Waals surface area (Å²) in [5.74, 6) is 1.02. The van der Waals surface area contributed by atoms with Gasteiger partial charge in [-0.15, -0.1) is 0 Å². The molecule has 5 rings (SSSR count). The van der Waals surface area contributed by atoms with Gasteiger partial charge in [0.25, 0.3) is 0 Å². The number of aliphatic hydroxyl groups is 1. The second kappa shape index (κ2) is 9.87. The van der Waals surface area contributed by atoms with Crippen molar-refractivity contribution in [1.82, 2.24) is 14.8 Å². The van der Waals surface area contributed by atoms with Crippen molar-refractivity contribution in [2.24, 2.45) is 0 Å². The first-order valence-corrected chi connectivity index (χ1v) is 11.3. The van der Waals surface area contributed by atoms with Crippen LogP contribution >= 0.6 is 0 Å². The van der Waals surface area contributed by atoms with E-state index in [1.165, 1.54) is 7.11 Å². The third-order valence-electron chi connectivity index (χ3n) is 5.87. The zero-order valence-electron chi connectivity index (χ0n) is 19.3. The minimum absolute atomic E-state index is 0.116. The van der Waals surface area contributed by atoms with Crippen molar-refractivity contribution >= 4 is 16.9 Å². The molecule has 3 aromatic carbocycles. The van der Waals surface area contributed by atoms with E-state index in [0.29, 0.717) is 18.0 Å². The summed E-state index contributed by atoms with van der Waals surface area (Å²) in [7, 11) is 1.39. The topological polar surface area (TPSA) is 89.4 Å². The van der Waals surface area contributed by atoms with Crippen LogP contribution in [0.15, 0.2) is 85.2 Å². The van der Waals surface area contributed by atoms with E-state index >= 15 is 0 Å². The Bertz CT molecular complexity index is 1480. The molecule has 2 aromatic heterocycles. The predicted octanol–water partition coefficient (Wildman–Crippen LogP) is 5.08. The van der Waals surface area contributed by atoms with Crippen molar-refractivity contribution in [2.45, 2.75) is 19.6 Å². The minimum atomic E-state index is -0.259. The summed E-state index contributed by atoms with van der Waals surface area (Å²) < 4.78 is 12.8. The van der Waals surface area contributed by atoms with Crippen molar-refractivity contribution in [2.75, 3.05) is 7.11 Å². The molecule has 7 nitrogen and oxygen atoms in total. The second-order valence-corrected chi connectivity index (χ2v) is 8.24. The zero-order valence-corrected chi connectivity index (χ0v) is 19.3. The number of methoxy groups -OCH3 is 1. The van der Waals surface area contributed by atoms with Crippen molar-refractivity contribution in [1.29, 1.82) is 0 Å². The van der Waals surface area contributed by atoms with Gasteiger partial charge in [-0.1, -0.05) is 36.4 Å². The van der Waals surface area contributed by atoms with Crippen LogP contribution in [0.4, 0.5) is 0 Å². The van der Waals surface area contributed by atoms with Gasteiger partial charge in [-0.25, -0.2) is 0 Å². The van der Waals surface area contributed by atoms with Crippen LogP contribution in [0.2, 0.25) is 0 Å². The van der Waals surface area contributed by atoms with E-state index in [2.05, 4.69) is 4.98 Å². The van der Waals surface area contributed by atoms with E-state index in [9.17, 15) is 9.90 Å². The summed E-state index contributed by atoms with van der Waals surface area (Å²) in [5, 5.41) is 15.6. The number of nitrogens with one attached hydrogen (secondary N) is 1. The fraction of sp³-hybridized carbons (Fsp3) is 0.143. The van der Waals surface area contributed by atoms with Crippen molar-refractivity contribution in [3.05, 3.63) is 102 Å². The highest BCUT2D eigenvalue weighted by atomic mass is 16.5. The average Bonchev–Trinajstić information content (AvgIpc) is 3.54. The maximum absolute atomic E-state index is 11.6. The van der Waals surface area contributed by atoms with E-state index in [-0.39, 0.29) is 19.0 Å². The Labute approximate surface area is 202 Å². The molecule has 0 fully saturated rings. The Morgan fingerprint density at radius 1 is 1.03 bits per heavy atom. The zero-order chi connectivity index (χ0) is 24.2. The molecule has 0 unspecified atom stereocenters. The lowest BCUT2D eigenvalue weighted by atomic mass is 10.1. The molecule has 176 valence electrons. The monoisotopic (exact) mass is 467 g/mol. The number of aromatic amines is 1. The molecule has 0 spiro atoms. The Morgan fingerprint density at radius 3 is 2.74 bits per heavy atom. The lowest BCUT2D eigenvalue weighted by Gasteiger charge is -2.11. The first-order chi connectivity index (χ1) is 17.1. The standard InChI is InChI=1S/C28H25N3O4/c1-34-28(33)15-19-4-2-5-20(14-19)17-31-13-11-25(30-31)21-6-3-7-22(16-21)35-27-9-8-26-23(10-12-29-26)24(27)18-32/h2-14,16,29,32H,15,17-18H2,1H3. The van der Waals surface area contributed by atoms with Crippen LogP contribution in [0.25, 0.3) is 22.2 Å². The molecule has 0 radical (unpaired) electrons. The molecule has 0 saturated carbocycles. The largest absolute Gasteiger partial charge is 0.469 e. The number of fused-ring (bicyclic) bond motifs is 1. The number of carbonyl (C=O) groups excluding carboxylic acids is 1. The fourth-order valence-corrected chi connectivity index (χ4v) is 4.15. The Hall–Kier alpha value is -4.36. The molecule has 2 N–H and O–H groups in total. The van der Waals surface area contributed by atoms with E-state index in [1.54, 1.807) is 0 Å². The molecule has 0 aliphatic rings. The lowest BCUT2D eigenvalue weighted by molar-refractivity contribution is -0.139. The number of carbonyl (C=O) groups is 1. The number of ether oxygens (including phenoxy) is 2. The van der Waals surface area contributed by atoms with Crippen molar-refractivity contribution in [3.63, 3.8) is 0 Å². The number of benzene rings is 3. The number of H-pyrrole nitrogens is 1. The summed E-state index contributed by atoms with van der Waals surface area (Å²) in [4.78, 5) is 14.7. The summed E-state index contributed by atoms with van der Waals surface area (Å²) in [6.07, 6.45) is 4.02. The molecule has 0 aliphatic carbocycles. The van der Waals surface area contributed by atoms with Crippen LogP contribution < -0.4 is 4.74 Å². The van der Waals surface area contributed by atoms with Gasteiger partial charge in [0, 0.05) is 34.4 Å². The molecule has 0 atom stereocenters. The second-order valence-electron chi connectivity index (χ2n) is 8.24. The van der Waals surface area contributed by atoms with E-state index in [0.717, 1.165) is 38.9 Å². The third-order valence-corrected chi connectivity index (χ3v) is 5.87. The Morgan fingerprint density at radius 2 is 1.89 bits per heavy atom. The van der Waals surface area contributed by atoms with Crippen LogP contribution in [-0.2, 0) is 29.1 Å². The molecule has 0 bridgehead atoms. The molecule has 5 aromatic rings. The molecule has 7 heteroatoms.